The zero-order chi connectivity index (χ0) is 35.5. The molecule has 0 spiro atoms. The van der Waals surface area contributed by atoms with Crippen LogP contribution in [0, 0.1) is 10.8 Å². The van der Waals surface area contributed by atoms with Crippen LogP contribution in [0.15, 0.2) is 60.7 Å². The summed E-state index contributed by atoms with van der Waals surface area (Å²) in [5, 5.41) is 47.1. The van der Waals surface area contributed by atoms with E-state index in [9.17, 15) is 10.2 Å². The molecule has 6 rings (SSSR count). The van der Waals surface area contributed by atoms with Crippen LogP contribution in [0.25, 0.3) is 44.3 Å². The van der Waals surface area contributed by atoms with Gasteiger partial charge in [-0.2, -0.15) is 0 Å². The van der Waals surface area contributed by atoms with Crippen molar-refractivity contribution in [1.82, 2.24) is 30.8 Å². The van der Waals surface area contributed by atoms with Crippen LogP contribution >= 0.6 is 0 Å². The van der Waals surface area contributed by atoms with Crippen molar-refractivity contribution in [2.75, 3.05) is 0 Å². The summed E-state index contributed by atoms with van der Waals surface area (Å²) in [5.74, 6) is 0.324. The Labute approximate surface area is 289 Å². The van der Waals surface area contributed by atoms with Crippen molar-refractivity contribution in [2.45, 2.75) is 99.3 Å². The number of aromatic amines is 2. The minimum absolute atomic E-state index is 0.0490. The van der Waals surface area contributed by atoms with Crippen LogP contribution < -0.4 is 0 Å². The summed E-state index contributed by atoms with van der Waals surface area (Å²) in [7, 11) is 0. The highest BCUT2D eigenvalue weighted by Crippen LogP contribution is 2.49. The quantitative estimate of drug-likeness (QED) is 0.129. The molecule has 0 unspecified atom stereocenters. The van der Waals surface area contributed by atoms with Crippen molar-refractivity contribution in [3.63, 3.8) is 0 Å². The van der Waals surface area contributed by atoms with E-state index in [0.29, 0.717) is 0 Å². The number of nitrogens with one attached hydrogen (secondary N) is 2. The van der Waals surface area contributed by atoms with Crippen molar-refractivity contribution in [3.05, 3.63) is 82.9 Å². The molecule has 4 N–H and O–H groups in total. The first-order valence-corrected chi connectivity index (χ1v) is 17.2. The Bertz CT molecular complexity index is 2000. The summed E-state index contributed by atoms with van der Waals surface area (Å²) in [6, 6.07) is 19.8. The molecule has 0 atom stereocenters. The van der Waals surface area contributed by atoms with Gasteiger partial charge in [-0.25, -0.2) is 0 Å². The van der Waals surface area contributed by atoms with Crippen molar-refractivity contribution >= 4 is 22.1 Å². The maximum Gasteiger partial charge on any atom is 0.120 e. The van der Waals surface area contributed by atoms with Gasteiger partial charge in [0.1, 0.15) is 22.5 Å². The first-order chi connectivity index (χ1) is 22.9. The summed E-state index contributed by atoms with van der Waals surface area (Å²) >= 11 is 0. The molecule has 0 aliphatic carbocycles. The predicted octanol–water partition coefficient (Wildman–Crippen LogP) is 9.99. The maximum atomic E-state index is 11.9. The van der Waals surface area contributed by atoms with Crippen molar-refractivity contribution in [3.8, 4) is 33.8 Å². The molecule has 0 bridgehead atoms. The highest BCUT2D eigenvalue weighted by atomic mass is 16.3. The Morgan fingerprint density at radius 1 is 0.531 bits per heavy atom. The third kappa shape index (κ3) is 6.65. The van der Waals surface area contributed by atoms with E-state index in [1.807, 2.05) is 36.4 Å². The van der Waals surface area contributed by atoms with Gasteiger partial charge in [-0.15, -0.1) is 10.2 Å². The van der Waals surface area contributed by atoms with Crippen molar-refractivity contribution in [2.24, 2.45) is 10.8 Å². The van der Waals surface area contributed by atoms with E-state index in [1.54, 1.807) is 0 Å². The summed E-state index contributed by atoms with van der Waals surface area (Å²) in [4.78, 5) is 0. The first kappa shape index (κ1) is 34.2. The average Bonchev–Trinajstić information content (AvgIpc) is 3.66. The van der Waals surface area contributed by atoms with E-state index in [1.165, 1.54) is 0 Å². The number of fused-ring (bicyclic) bond motifs is 2. The Hall–Kier alpha value is -4.72. The molecule has 0 amide bonds. The Morgan fingerprint density at radius 3 is 1.29 bits per heavy atom. The van der Waals surface area contributed by atoms with Gasteiger partial charge in [0.2, 0.25) is 0 Å². The number of hydrogen-bond acceptors (Lipinski definition) is 6. The number of phenols is 2. The smallest absolute Gasteiger partial charge is 0.120 e. The molecule has 0 fully saturated rings. The normalized spacial score (nSPS) is 13.1. The van der Waals surface area contributed by atoms with Gasteiger partial charge in [0.15, 0.2) is 0 Å². The SMILES string of the molecule is CC(C)(C)CC(C)(C)c1ccc(O)c(Cc2c(O)ccc(C(C)(C)CC(C)(C)C)c2-c2cccc3[nH]nnc23)c1-c1cccc2[nH]nnc12. The van der Waals surface area contributed by atoms with E-state index < -0.39 is 0 Å². The number of aromatic nitrogens is 6. The van der Waals surface area contributed by atoms with Crippen LogP contribution in [0.4, 0.5) is 0 Å². The van der Waals surface area contributed by atoms with Gasteiger partial charge in [-0.3, -0.25) is 10.2 Å². The zero-order valence-electron chi connectivity index (χ0n) is 30.6. The minimum atomic E-state index is -0.268. The fourth-order valence-corrected chi connectivity index (χ4v) is 8.54. The molecule has 256 valence electrons. The lowest BCUT2D eigenvalue weighted by molar-refractivity contribution is 0.284. The number of nitrogens with zero attached hydrogens (tertiary/aromatic N) is 4. The fraction of sp³-hybridized carbons (Fsp3) is 0.415. The molecule has 0 saturated carbocycles. The molecule has 8 nitrogen and oxygen atoms in total. The van der Waals surface area contributed by atoms with Crippen LogP contribution in [0.3, 0.4) is 0 Å². The molecule has 8 heteroatoms. The molecule has 6 aromatic rings. The molecule has 2 heterocycles. The summed E-state index contributed by atoms with van der Waals surface area (Å²) in [6.45, 7) is 22.6. The monoisotopic (exact) mass is 658 g/mol. The van der Waals surface area contributed by atoms with Gasteiger partial charge in [0, 0.05) is 28.7 Å². The number of benzene rings is 4. The molecule has 4 aromatic carbocycles. The van der Waals surface area contributed by atoms with Crippen LogP contribution in [0.2, 0.25) is 0 Å². The zero-order valence-corrected chi connectivity index (χ0v) is 30.6. The van der Waals surface area contributed by atoms with Crippen LogP contribution in [0.1, 0.15) is 104 Å². The Balaban J connectivity index is 1.69. The lowest BCUT2D eigenvalue weighted by atomic mass is 9.68. The molecule has 49 heavy (non-hydrogen) atoms. The largest absolute Gasteiger partial charge is 0.508 e. The van der Waals surface area contributed by atoms with Gasteiger partial charge in [0.25, 0.3) is 0 Å². The lowest BCUT2D eigenvalue weighted by Crippen LogP contribution is -2.26. The van der Waals surface area contributed by atoms with E-state index in [0.717, 1.165) is 79.4 Å². The van der Waals surface area contributed by atoms with Gasteiger partial charge in [-0.1, -0.05) is 116 Å². The summed E-state index contributed by atoms with van der Waals surface area (Å²) in [5.41, 5.74) is 9.94. The number of hydrogen-bond donors (Lipinski definition) is 4. The molecular weight excluding hydrogens is 608 g/mol. The lowest BCUT2D eigenvalue weighted by Gasteiger charge is -2.36. The second-order valence-corrected chi connectivity index (χ2v) is 17.4. The van der Waals surface area contributed by atoms with E-state index in [-0.39, 0.29) is 39.6 Å². The Kier molecular flexibility index (Phi) is 8.37. The molecule has 2 aromatic heterocycles. The van der Waals surface area contributed by atoms with Crippen LogP contribution in [0.5, 0.6) is 11.5 Å². The first-order valence-electron chi connectivity index (χ1n) is 17.2. The summed E-state index contributed by atoms with van der Waals surface area (Å²) in [6.07, 6.45) is 2.09. The minimum Gasteiger partial charge on any atom is -0.508 e. The standard InChI is InChI=1S/C41H50N6O2/c1-38(2,3)22-40(7,8)28-17-19-32(48)26(34(28)24-13-11-15-30-36(24)44-46-42-30)21-27-33(49)20-18-29(41(9,10)23-39(4,5)6)35(27)25-14-12-16-31-37(25)45-47-43-31/h11-20,48-49H,21-23H2,1-10H3,(H,42,44,46)(H,43,45,47). The van der Waals surface area contributed by atoms with Crippen LogP contribution in [-0.2, 0) is 17.3 Å². The average molecular weight is 659 g/mol. The third-order valence-corrected chi connectivity index (χ3v) is 9.58. The topological polar surface area (TPSA) is 124 Å². The second-order valence-electron chi connectivity index (χ2n) is 17.4. The molecule has 0 aliphatic rings. The van der Waals surface area contributed by atoms with E-state index in [2.05, 4.69) is 124 Å². The molecule has 0 saturated heterocycles. The van der Waals surface area contributed by atoms with Crippen molar-refractivity contribution < 1.29 is 10.2 Å². The second kappa shape index (κ2) is 12.0. The van der Waals surface area contributed by atoms with Crippen LogP contribution in [-0.4, -0.2) is 41.0 Å². The molecular formula is C41H50N6O2. The van der Waals surface area contributed by atoms with E-state index >= 15 is 0 Å². The molecule has 0 aliphatic heterocycles. The number of H-pyrrole nitrogens is 2. The van der Waals surface area contributed by atoms with Crippen molar-refractivity contribution in [1.29, 1.82) is 0 Å². The van der Waals surface area contributed by atoms with Gasteiger partial charge < -0.3 is 10.2 Å². The maximum absolute atomic E-state index is 11.9. The summed E-state index contributed by atoms with van der Waals surface area (Å²) < 4.78 is 0. The highest BCUT2D eigenvalue weighted by Gasteiger charge is 2.35. The van der Waals surface area contributed by atoms with E-state index in [4.69, 9.17) is 0 Å². The van der Waals surface area contributed by atoms with Gasteiger partial charge in [-0.05, 0) is 81.0 Å². The molecule has 0 radical (unpaired) electrons. The number of aromatic hydroxyl groups is 2. The third-order valence-electron chi connectivity index (χ3n) is 9.58. The number of phenolic OH excluding ortho intramolecular Hbond substituents is 2. The predicted molar refractivity (Wildman–Crippen MR) is 199 cm³/mol. The van der Waals surface area contributed by atoms with Gasteiger partial charge in [0.05, 0.1) is 11.0 Å². The highest BCUT2D eigenvalue weighted by molar-refractivity contribution is 5.96. The fourth-order valence-electron chi connectivity index (χ4n) is 8.54. The number of rotatable bonds is 8. The Morgan fingerprint density at radius 2 is 0.918 bits per heavy atom. The van der Waals surface area contributed by atoms with Gasteiger partial charge >= 0.3 is 0 Å².